The lowest BCUT2D eigenvalue weighted by Gasteiger charge is -2.11. The molecule has 0 spiro atoms. The Hall–Kier alpha value is -1.24. The van der Waals surface area contributed by atoms with E-state index in [1.807, 2.05) is 6.08 Å². The van der Waals surface area contributed by atoms with E-state index >= 15 is 0 Å². The van der Waals surface area contributed by atoms with Crippen LogP contribution in [-0.4, -0.2) is 7.11 Å². The second-order valence-corrected chi connectivity index (χ2v) is 3.60. The number of aryl methyl sites for hydroxylation is 3. The SMILES string of the molecule is C=CCCc1cc(C)cc(C)c1OC. The first kappa shape index (κ1) is 10.8. The number of allylic oxidation sites excluding steroid dienone is 1. The summed E-state index contributed by atoms with van der Waals surface area (Å²) >= 11 is 0. The zero-order valence-electron chi connectivity index (χ0n) is 9.26. The van der Waals surface area contributed by atoms with E-state index in [9.17, 15) is 0 Å². The summed E-state index contributed by atoms with van der Waals surface area (Å²) in [5.74, 6) is 1.03. The summed E-state index contributed by atoms with van der Waals surface area (Å²) in [5, 5.41) is 0. The van der Waals surface area contributed by atoms with Crippen molar-refractivity contribution in [3.63, 3.8) is 0 Å². The minimum Gasteiger partial charge on any atom is -0.496 e. The minimum absolute atomic E-state index is 0.999. The maximum absolute atomic E-state index is 5.39. The van der Waals surface area contributed by atoms with E-state index < -0.39 is 0 Å². The van der Waals surface area contributed by atoms with Gasteiger partial charge in [0.05, 0.1) is 7.11 Å². The maximum atomic E-state index is 5.39. The number of ether oxygens (including phenoxy) is 1. The smallest absolute Gasteiger partial charge is 0.124 e. The third kappa shape index (κ3) is 2.38. The van der Waals surface area contributed by atoms with Gasteiger partial charge in [0.15, 0.2) is 0 Å². The van der Waals surface area contributed by atoms with E-state index in [0.717, 1.165) is 18.6 Å². The van der Waals surface area contributed by atoms with Gasteiger partial charge in [-0.1, -0.05) is 23.8 Å². The van der Waals surface area contributed by atoms with Crippen LogP contribution in [0.3, 0.4) is 0 Å². The highest BCUT2D eigenvalue weighted by Gasteiger charge is 2.06. The molecule has 1 aromatic rings. The summed E-state index contributed by atoms with van der Waals surface area (Å²) in [6.45, 7) is 7.94. The summed E-state index contributed by atoms with van der Waals surface area (Å²) in [6.07, 6.45) is 3.95. The average Bonchev–Trinajstić information content (AvgIpc) is 2.14. The molecule has 1 heteroatoms. The van der Waals surface area contributed by atoms with Crippen LogP contribution in [0.25, 0.3) is 0 Å². The fourth-order valence-electron chi connectivity index (χ4n) is 1.78. The summed E-state index contributed by atoms with van der Waals surface area (Å²) in [5.41, 5.74) is 3.79. The van der Waals surface area contributed by atoms with Crippen LogP contribution < -0.4 is 4.74 Å². The summed E-state index contributed by atoms with van der Waals surface area (Å²) in [7, 11) is 1.73. The molecule has 0 bridgehead atoms. The molecule has 0 aliphatic rings. The fraction of sp³-hybridized carbons (Fsp3) is 0.385. The molecule has 14 heavy (non-hydrogen) atoms. The van der Waals surface area contributed by atoms with Gasteiger partial charge in [-0.3, -0.25) is 0 Å². The maximum Gasteiger partial charge on any atom is 0.124 e. The topological polar surface area (TPSA) is 9.23 Å². The summed E-state index contributed by atoms with van der Waals surface area (Å²) < 4.78 is 5.39. The Kier molecular flexibility index (Phi) is 3.75. The number of rotatable bonds is 4. The zero-order valence-corrected chi connectivity index (χ0v) is 9.26. The van der Waals surface area contributed by atoms with Gasteiger partial charge in [0.25, 0.3) is 0 Å². The summed E-state index contributed by atoms with van der Waals surface area (Å²) in [4.78, 5) is 0. The Morgan fingerprint density at radius 1 is 1.36 bits per heavy atom. The van der Waals surface area contributed by atoms with E-state index in [4.69, 9.17) is 4.74 Å². The van der Waals surface area contributed by atoms with Crippen LogP contribution in [0.4, 0.5) is 0 Å². The van der Waals surface area contributed by atoms with Gasteiger partial charge >= 0.3 is 0 Å². The standard InChI is InChI=1S/C13H18O/c1-5-6-7-12-9-10(2)8-11(3)13(12)14-4/h5,8-9H,1,6-7H2,2-4H3. The van der Waals surface area contributed by atoms with Crippen LogP contribution in [-0.2, 0) is 6.42 Å². The largest absolute Gasteiger partial charge is 0.496 e. The van der Waals surface area contributed by atoms with Crippen LogP contribution in [0.2, 0.25) is 0 Å². The Labute approximate surface area is 86.4 Å². The molecule has 0 aromatic heterocycles. The molecular weight excluding hydrogens is 172 g/mol. The van der Waals surface area contributed by atoms with Crippen molar-refractivity contribution in [2.75, 3.05) is 7.11 Å². The average molecular weight is 190 g/mol. The van der Waals surface area contributed by atoms with E-state index in [1.165, 1.54) is 16.7 Å². The molecule has 0 aliphatic carbocycles. The van der Waals surface area contributed by atoms with Gasteiger partial charge in [-0.15, -0.1) is 6.58 Å². The van der Waals surface area contributed by atoms with Crippen molar-refractivity contribution >= 4 is 0 Å². The zero-order chi connectivity index (χ0) is 10.6. The molecule has 1 aromatic carbocycles. The highest BCUT2D eigenvalue weighted by atomic mass is 16.5. The van der Waals surface area contributed by atoms with Crippen molar-refractivity contribution in [2.45, 2.75) is 26.7 Å². The molecule has 0 amide bonds. The van der Waals surface area contributed by atoms with Crippen LogP contribution in [0, 0.1) is 13.8 Å². The Bertz CT molecular complexity index is 326. The lowest BCUT2D eigenvalue weighted by atomic mass is 10.0. The highest BCUT2D eigenvalue weighted by Crippen LogP contribution is 2.26. The molecule has 0 N–H and O–H groups in total. The molecule has 0 fully saturated rings. The lowest BCUT2D eigenvalue weighted by molar-refractivity contribution is 0.406. The van der Waals surface area contributed by atoms with Crippen molar-refractivity contribution in [3.05, 3.63) is 41.5 Å². The van der Waals surface area contributed by atoms with Gasteiger partial charge in [-0.25, -0.2) is 0 Å². The minimum atomic E-state index is 0.999. The lowest BCUT2D eigenvalue weighted by Crippen LogP contribution is -1.95. The molecule has 0 heterocycles. The fourth-order valence-corrected chi connectivity index (χ4v) is 1.78. The van der Waals surface area contributed by atoms with E-state index in [1.54, 1.807) is 7.11 Å². The van der Waals surface area contributed by atoms with Crippen molar-refractivity contribution in [2.24, 2.45) is 0 Å². The van der Waals surface area contributed by atoms with Crippen molar-refractivity contribution in [3.8, 4) is 5.75 Å². The molecule has 0 radical (unpaired) electrons. The molecule has 76 valence electrons. The van der Waals surface area contributed by atoms with Crippen molar-refractivity contribution in [1.82, 2.24) is 0 Å². The van der Waals surface area contributed by atoms with Crippen LogP contribution in [0.1, 0.15) is 23.1 Å². The molecule has 0 unspecified atom stereocenters. The first-order valence-corrected chi connectivity index (χ1v) is 4.94. The first-order valence-electron chi connectivity index (χ1n) is 4.94. The van der Waals surface area contributed by atoms with E-state index in [0.29, 0.717) is 0 Å². The molecule has 0 saturated carbocycles. The Morgan fingerprint density at radius 2 is 2.07 bits per heavy atom. The second-order valence-electron chi connectivity index (χ2n) is 3.60. The van der Waals surface area contributed by atoms with Gasteiger partial charge in [-0.2, -0.15) is 0 Å². The second kappa shape index (κ2) is 4.85. The predicted octanol–water partition coefficient (Wildman–Crippen LogP) is 3.43. The normalized spacial score (nSPS) is 9.93. The Morgan fingerprint density at radius 3 is 2.64 bits per heavy atom. The monoisotopic (exact) mass is 190 g/mol. The molecule has 1 rings (SSSR count). The number of benzene rings is 1. The molecule has 0 saturated heterocycles. The molecule has 1 nitrogen and oxygen atoms in total. The van der Waals surface area contributed by atoms with Crippen molar-refractivity contribution in [1.29, 1.82) is 0 Å². The quantitative estimate of drug-likeness (QED) is 0.661. The highest BCUT2D eigenvalue weighted by molar-refractivity contribution is 5.43. The predicted molar refractivity (Wildman–Crippen MR) is 61.0 cm³/mol. The van der Waals surface area contributed by atoms with Gasteiger partial charge in [0.1, 0.15) is 5.75 Å². The third-order valence-electron chi connectivity index (χ3n) is 2.32. The van der Waals surface area contributed by atoms with Crippen molar-refractivity contribution < 1.29 is 4.74 Å². The molecule has 0 aliphatic heterocycles. The van der Waals surface area contributed by atoms with Gasteiger partial charge in [0.2, 0.25) is 0 Å². The summed E-state index contributed by atoms with van der Waals surface area (Å²) in [6, 6.07) is 4.34. The van der Waals surface area contributed by atoms with E-state index in [2.05, 4.69) is 32.6 Å². The number of methoxy groups -OCH3 is 1. The van der Waals surface area contributed by atoms with Gasteiger partial charge < -0.3 is 4.74 Å². The molecule has 0 atom stereocenters. The van der Waals surface area contributed by atoms with Crippen LogP contribution in [0.5, 0.6) is 5.75 Å². The van der Waals surface area contributed by atoms with Gasteiger partial charge in [0, 0.05) is 0 Å². The van der Waals surface area contributed by atoms with Crippen LogP contribution in [0.15, 0.2) is 24.8 Å². The molecular formula is C13H18O. The first-order chi connectivity index (χ1) is 6.69. The Balaban J connectivity index is 3.04. The van der Waals surface area contributed by atoms with Gasteiger partial charge in [-0.05, 0) is 37.8 Å². The number of hydrogen-bond donors (Lipinski definition) is 0. The van der Waals surface area contributed by atoms with Crippen LogP contribution >= 0.6 is 0 Å². The number of hydrogen-bond acceptors (Lipinski definition) is 1. The van der Waals surface area contributed by atoms with E-state index in [-0.39, 0.29) is 0 Å². The third-order valence-corrected chi connectivity index (χ3v) is 2.32.